The van der Waals surface area contributed by atoms with E-state index < -0.39 is 11.7 Å². The van der Waals surface area contributed by atoms with E-state index in [4.69, 9.17) is 4.74 Å². The van der Waals surface area contributed by atoms with Crippen molar-refractivity contribution in [2.75, 3.05) is 16.8 Å². The maximum absolute atomic E-state index is 11.7. The quantitative estimate of drug-likeness (QED) is 0.823. The molecule has 1 saturated heterocycles. The lowest BCUT2D eigenvalue weighted by Gasteiger charge is -2.32. The van der Waals surface area contributed by atoms with Gasteiger partial charge in [-0.05, 0) is 63.3 Å². The van der Waals surface area contributed by atoms with Crippen LogP contribution >= 0.6 is 23.5 Å². The van der Waals surface area contributed by atoms with E-state index in [2.05, 4.69) is 24.4 Å². The molecular weight excluding hydrogens is 302 g/mol. The fourth-order valence-electron chi connectivity index (χ4n) is 2.08. The molecule has 2 rings (SSSR count). The highest BCUT2D eigenvalue weighted by molar-refractivity contribution is 8.18. The molecule has 5 heteroatoms. The number of rotatable bonds is 2. The standard InChI is InChI=1S/C16H23NO2S2/c1-15(2,3)19-14(18)17-13-8-6-12(7-9-13)16(4)20-10-5-11-21-16/h6-9H,5,10-11H2,1-4H3,(H,17,18). The third-order valence-corrected chi connectivity index (χ3v) is 6.36. The monoisotopic (exact) mass is 325 g/mol. The summed E-state index contributed by atoms with van der Waals surface area (Å²) in [6.45, 7) is 7.84. The average Bonchev–Trinajstić information content (AvgIpc) is 2.38. The summed E-state index contributed by atoms with van der Waals surface area (Å²) in [5, 5.41) is 2.77. The Hall–Kier alpha value is -0.810. The summed E-state index contributed by atoms with van der Waals surface area (Å²) in [5.41, 5.74) is 1.58. The van der Waals surface area contributed by atoms with Gasteiger partial charge < -0.3 is 4.74 Å². The van der Waals surface area contributed by atoms with Gasteiger partial charge in [0.25, 0.3) is 0 Å². The van der Waals surface area contributed by atoms with E-state index >= 15 is 0 Å². The SMILES string of the molecule is CC(C)(C)OC(=O)Nc1ccc(C2(C)SCCCS2)cc1. The third kappa shape index (κ3) is 4.85. The van der Waals surface area contributed by atoms with Crippen molar-refractivity contribution in [3.8, 4) is 0 Å². The van der Waals surface area contributed by atoms with Crippen molar-refractivity contribution in [2.45, 2.75) is 43.8 Å². The third-order valence-electron chi connectivity index (χ3n) is 3.10. The highest BCUT2D eigenvalue weighted by Gasteiger charge is 2.30. The van der Waals surface area contributed by atoms with Gasteiger partial charge in [0.15, 0.2) is 0 Å². The second kappa shape index (κ2) is 6.53. The van der Waals surface area contributed by atoms with Crippen LogP contribution in [0.4, 0.5) is 10.5 Å². The lowest BCUT2D eigenvalue weighted by molar-refractivity contribution is 0.0636. The second-order valence-corrected chi connectivity index (χ2v) is 9.49. The molecule has 1 aromatic carbocycles. The van der Waals surface area contributed by atoms with Gasteiger partial charge in [-0.15, -0.1) is 23.5 Å². The van der Waals surface area contributed by atoms with Crippen LogP contribution in [0, 0.1) is 0 Å². The number of amides is 1. The van der Waals surface area contributed by atoms with Gasteiger partial charge in [-0.1, -0.05) is 12.1 Å². The molecule has 0 spiro atoms. The van der Waals surface area contributed by atoms with Gasteiger partial charge in [0.2, 0.25) is 0 Å². The van der Waals surface area contributed by atoms with E-state index in [0.717, 1.165) is 5.69 Å². The number of thioether (sulfide) groups is 2. The highest BCUT2D eigenvalue weighted by Crippen LogP contribution is 2.49. The maximum Gasteiger partial charge on any atom is 0.412 e. The number of hydrogen-bond acceptors (Lipinski definition) is 4. The smallest absolute Gasteiger partial charge is 0.412 e. The first-order chi connectivity index (χ1) is 9.78. The Bertz CT molecular complexity index is 488. The van der Waals surface area contributed by atoms with Crippen molar-refractivity contribution >= 4 is 35.3 Å². The molecule has 0 saturated carbocycles. The van der Waals surface area contributed by atoms with Crippen molar-refractivity contribution in [1.29, 1.82) is 0 Å². The van der Waals surface area contributed by atoms with Gasteiger partial charge in [-0.3, -0.25) is 5.32 Å². The molecular formula is C16H23NO2S2. The molecule has 0 bridgehead atoms. The van der Waals surface area contributed by atoms with Crippen LogP contribution in [-0.4, -0.2) is 23.2 Å². The van der Waals surface area contributed by atoms with Gasteiger partial charge >= 0.3 is 6.09 Å². The van der Waals surface area contributed by atoms with E-state index in [-0.39, 0.29) is 4.08 Å². The molecule has 1 fully saturated rings. The average molecular weight is 325 g/mol. The molecule has 0 aromatic heterocycles. The zero-order chi connectivity index (χ0) is 15.5. The molecule has 1 N–H and O–H groups in total. The van der Waals surface area contributed by atoms with E-state index in [1.807, 2.05) is 56.4 Å². The number of anilines is 1. The van der Waals surface area contributed by atoms with Crippen molar-refractivity contribution in [3.63, 3.8) is 0 Å². The Morgan fingerprint density at radius 1 is 1.19 bits per heavy atom. The molecule has 0 radical (unpaired) electrons. The van der Waals surface area contributed by atoms with Crippen LogP contribution < -0.4 is 5.32 Å². The lowest BCUT2D eigenvalue weighted by Crippen LogP contribution is -2.27. The van der Waals surface area contributed by atoms with Crippen LogP contribution in [0.3, 0.4) is 0 Å². The summed E-state index contributed by atoms with van der Waals surface area (Å²) in [6.07, 6.45) is 0.867. The zero-order valence-electron chi connectivity index (χ0n) is 13.1. The molecule has 116 valence electrons. The molecule has 3 nitrogen and oxygen atoms in total. The lowest BCUT2D eigenvalue weighted by atomic mass is 10.1. The Balaban J connectivity index is 2.00. The highest BCUT2D eigenvalue weighted by atomic mass is 32.2. The molecule has 1 amide bonds. The largest absolute Gasteiger partial charge is 0.444 e. The summed E-state index contributed by atoms with van der Waals surface area (Å²) in [7, 11) is 0. The van der Waals surface area contributed by atoms with E-state index in [1.165, 1.54) is 23.5 Å². The molecule has 1 aliphatic heterocycles. The minimum Gasteiger partial charge on any atom is -0.444 e. The minimum atomic E-state index is -0.479. The van der Waals surface area contributed by atoms with Crippen molar-refractivity contribution in [3.05, 3.63) is 29.8 Å². The first-order valence-corrected chi connectivity index (χ1v) is 9.14. The zero-order valence-corrected chi connectivity index (χ0v) is 14.7. The number of hydrogen-bond donors (Lipinski definition) is 1. The van der Waals surface area contributed by atoms with Crippen LogP contribution in [0.15, 0.2) is 24.3 Å². The van der Waals surface area contributed by atoms with Crippen molar-refractivity contribution in [1.82, 2.24) is 0 Å². The van der Waals surface area contributed by atoms with Crippen LogP contribution in [-0.2, 0) is 8.82 Å². The second-order valence-electron chi connectivity index (χ2n) is 6.20. The fraction of sp³-hybridized carbons (Fsp3) is 0.562. The summed E-state index contributed by atoms with van der Waals surface area (Å²) >= 11 is 3.99. The van der Waals surface area contributed by atoms with Gasteiger partial charge in [0.1, 0.15) is 5.60 Å². The predicted molar refractivity (Wildman–Crippen MR) is 93.2 cm³/mol. The molecule has 0 atom stereocenters. The number of ether oxygens (including phenoxy) is 1. The van der Waals surface area contributed by atoms with E-state index in [0.29, 0.717) is 0 Å². The van der Waals surface area contributed by atoms with Gasteiger partial charge in [-0.2, -0.15) is 0 Å². The summed E-state index contributed by atoms with van der Waals surface area (Å²) in [4.78, 5) is 11.7. The number of carbonyl (C=O) groups excluding carboxylic acids is 1. The summed E-state index contributed by atoms with van der Waals surface area (Å²) in [5.74, 6) is 2.42. The summed E-state index contributed by atoms with van der Waals surface area (Å²) < 4.78 is 5.38. The van der Waals surface area contributed by atoms with Crippen molar-refractivity contribution in [2.24, 2.45) is 0 Å². The van der Waals surface area contributed by atoms with Gasteiger partial charge in [0, 0.05) is 5.69 Å². The maximum atomic E-state index is 11.7. The minimum absolute atomic E-state index is 0.128. The van der Waals surface area contributed by atoms with Crippen LogP contribution in [0.5, 0.6) is 0 Å². The van der Waals surface area contributed by atoms with Crippen LogP contribution in [0.1, 0.15) is 39.7 Å². The number of nitrogens with one attached hydrogen (secondary N) is 1. The Morgan fingerprint density at radius 3 is 2.29 bits per heavy atom. The molecule has 1 aliphatic rings. The molecule has 0 unspecified atom stereocenters. The first-order valence-electron chi connectivity index (χ1n) is 7.17. The summed E-state index contributed by atoms with van der Waals surface area (Å²) in [6, 6.07) is 8.08. The topological polar surface area (TPSA) is 38.3 Å². The normalized spacial score (nSPS) is 18.1. The Morgan fingerprint density at radius 2 is 1.76 bits per heavy atom. The molecule has 21 heavy (non-hydrogen) atoms. The number of benzene rings is 1. The van der Waals surface area contributed by atoms with E-state index in [1.54, 1.807) is 0 Å². The Kier molecular flexibility index (Phi) is 5.15. The fourth-order valence-corrected chi connectivity index (χ4v) is 5.06. The molecule has 0 aliphatic carbocycles. The molecule has 1 heterocycles. The predicted octanol–water partition coefficient (Wildman–Crippen LogP) is 5.08. The van der Waals surface area contributed by atoms with Crippen LogP contribution in [0.2, 0.25) is 0 Å². The molecule has 1 aromatic rings. The van der Waals surface area contributed by atoms with Crippen LogP contribution in [0.25, 0.3) is 0 Å². The van der Waals surface area contributed by atoms with E-state index in [9.17, 15) is 4.79 Å². The van der Waals surface area contributed by atoms with Gasteiger partial charge in [0.05, 0.1) is 4.08 Å². The Labute approximate surface area is 135 Å². The van der Waals surface area contributed by atoms with Gasteiger partial charge in [-0.25, -0.2) is 4.79 Å². The van der Waals surface area contributed by atoms with Crippen molar-refractivity contribution < 1.29 is 9.53 Å². The first kappa shape index (κ1) is 16.6. The number of carbonyl (C=O) groups is 1.